The molecule has 0 saturated heterocycles. The summed E-state index contributed by atoms with van der Waals surface area (Å²) in [4.78, 5) is 25.0. The standard InChI is InChI=1S/C14H7Br2NO3/c15-5-1-2-6-7(3-5)14(20)10-9(18)4-8(16)12(17)11(10)13(6)19/h1-4,18H,17H2. The summed E-state index contributed by atoms with van der Waals surface area (Å²) in [7, 11) is 0. The molecule has 1 aliphatic carbocycles. The van der Waals surface area contributed by atoms with Crippen molar-refractivity contribution in [2.24, 2.45) is 0 Å². The van der Waals surface area contributed by atoms with Gasteiger partial charge in [0.25, 0.3) is 0 Å². The number of phenolic OH excluding ortho intramolecular Hbond substituents is 1. The predicted octanol–water partition coefficient (Wildman–Crippen LogP) is 3.27. The van der Waals surface area contributed by atoms with Crippen LogP contribution in [0.25, 0.3) is 0 Å². The number of anilines is 1. The van der Waals surface area contributed by atoms with Crippen LogP contribution in [0.2, 0.25) is 0 Å². The van der Waals surface area contributed by atoms with E-state index in [0.29, 0.717) is 8.95 Å². The summed E-state index contributed by atoms with van der Waals surface area (Å²) in [6, 6.07) is 6.14. The van der Waals surface area contributed by atoms with Gasteiger partial charge < -0.3 is 10.8 Å². The molecule has 0 unspecified atom stereocenters. The molecule has 4 nitrogen and oxygen atoms in total. The molecule has 2 aromatic rings. The normalized spacial score (nSPS) is 13.1. The van der Waals surface area contributed by atoms with Gasteiger partial charge in [0.05, 0.1) is 16.8 Å². The van der Waals surface area contributed by atoms with Crippen molar-refractivity contribution in [3.05, 3.63) is 55.5 Å². The number of halogens is 2. The van der Waals surface area contributed by atoms with Crippen molar-refractivity contribution in [2.45, 2.75) is 0 Å². The molecule has 0 aromatic heterocycles. The van der Waals surface area contributed by atoms with Crippen LogP contribution >= 0.6 is 31.9 Å². The van der Waals surface area contributed by atoms with Crippen LogP contribution in [0.4, 0.5) is 5.69 Å². The fourth-order valence-corrected chi connectivity index (χ4v) is 3.07. The summed E-state index contributed by atoms with van der Waals surface area (Å²) in [6.45, 7) is 0. The lowest BCUT2D eigenvalue weighted by molar-refractivity contribution is 0.0977. The number of nitrogens with two attached hydrogens (primary N) is 1. The molecular weight excluding hydrogens is 390 g/mol. The summed E-state index contributed by atoms with van der Waals surface area (Å²) in [5.41, 5.74) is 6.59. The van der Waals surface area contributed by atoms with E-state index in [0.717, 1.165) is 0 Å². The number of aromatic hydroxyl groups is 1. The van der Waals surface area contributed by atoms with E-state index in [1.807, 2.05) is 0 Å². The van der Waals surface area contributed by atoms with Crippen LogP contribution in [0.15, 0.2) is 33.2 Å². The van der Waals surface area contributed by atoms with Gasteiger partial charge in [-0.3, -0.25) is 9.59 Å². The molecule has 0 aliphatic heterocycles. The number of carbonyl (C=O) groups excluding carboxylic acids is 2. The van der Waals surface area contributed by atoms with Crippen molar-refractivity contribution in [2.75, 3.05) is 5.73 Å². The molecule has 3 N–H and O–H groups in total. The molecule has 6 heteroatoms. The molecule has 0 fully saturated rings. The monoisotopic (exact) mass is 395 g/mol. The first-order valence-electron chi connectivity index (χ1n) is 5.61. The maximum atomic E-state index is 12.5. The maximum Gasteiger partial charge on any atom is 0.198 e. The predicted molar refractivity (Wildman–Crippen MR) is 81.2 cm³/mol. The number of nitrogen functional groups attached to an aromatic ring is 1. The van der Waals surface area contributed by atoms with Gasteiger partial charge in [-0.2, -0.15) is 0 Å². The van der Waals surface area contributed by atoms with E-state index in [-0.39, 0.29) is 39.5 Å². The van der Waals surface area contributed by atoms with Gasteiger partial charge in [0.1, 0.15) is 5.75 Å². The molecule has 100 valence electrons. The third kappa shape index (κ3) is 1.72. The minimum atomic E-state index is -0.410. The van der Waals surface area contributed by atoms with Gasteiger partial charge in [0, 0.05) is 20.1 Å². The van der Waals surface area contributed by atoms with Gasteiger partial charge in [-0.15, -0.1) is 0 Å². The molecule has 3 rings (SSSR count). The number of fused-ring (bicyclic) bond motifs is 2. The third-order valence-electron chi connectivity index (χ3n) is 3.22. The number of benzene rings is 2. The van der Waals surface area contributed by atoms with Crippen molar-refractivity contribution >= 4 is 49.1 Å². The quantitative estimate of drug-likeness (QED) is 0.451. The second kappa shape index (κ2) is 4.43. The first-order valence-corrected chi connectivity index (χ1v) is 7.20. The molecule has 0 heterocycles. The van der Waals surface area contributed by atoms with E-state index < -0.39 is 5.78 Å². The highest BCUT2D eigenvalue weighted by Gasteiger charge is 2.34. The topological polar surface area (TPSA) is 80.4 Å². The average molecular weight is 397 g/mol. The number of carbonyl (C=O) groups is 2. The van der Waals surface area contributed by atoms with Gasteiger partial charge in [-0.1, -0.05) is 15.9 Å². The first kappa shape index (κ1) is 13.3. The second-order valence-corrected chi connectivity index (χ2v) is 6.16. The average Bonchev–Trinajstić information content (AvgIpc) is 2.40. The van der Waals surface area contributed by atoms with Crippen LogP contribution in [0.5, 0.6) is 5.75 Å². The van der Waals surface area contributed by atoms with Crippen LogP contribution in [0.1, 0.15) is 31.8 Å². The Morgan fingerprint density at radius 2 is 1.60 bits per heavy atom. The van der Waals surface area contributed by atoms with E-state index in [1.165, 1.54) is 6.07 Å². The lowest BCUT2D eigenvalue weighted by atomic mass is 9.83. The maximum absolute atomic E-state index is 12.5. The number of hydrogen-bond donors (Lipinski definition) is 2. The molecule has 0 bridgehead atoms. The number of phenols is 1. The summed E-state index contributed by atoms with van der Waals surface area (Å²) >= 11 is 6.43. The molecule has 0 atom stereocenters. The van der Waals surface area contributed by atoms with Gasteiger partial charge in [0.15, 0.2) is 11.6 Å². The Kier molecular flexibility index (Phi) is 2.95. The first-order chi connectivity index (χ1) is 9.41. The number of ketones is 2. The largest absolute Gasteiger partial charge is 0.507 e. The highest BCUT2D eigenvalue weighted by molar-refractivity contribution is 9.10. The highest BCUT2D eigenvalue weighted by atomic mass is 79.9. The van der Waals surface area contributed by atoms with Gasteiger partial charge in [-0.25, -0.2) is 0 Å². The second-order valence-electron chi connectivity index (χ2n) is 4.39. The fraction of sp³-hybridized carbons (Fsp3) is 0. The summed E-state index contributed by atoms with van der Waals surface area (Å²) in [6.07, 6.45) is 0. The van der Waals surface area contributed by atoms with Gasteiger partial charge in [0.2, 0.25) is 0 Å². The Labute approximate surface area is 130 Å². The zero-order valence-corrected chi connectivity index (χ0v) is 13.1. The number of hydrogen-bond acceptors (Lipinski definition) is 4. The van der Waals surface area contributed by atoms with E-state index in [2.05, 4.69) is 31.9 Å². The zero-order chi connectivity index (χ0) is 14.6. The van der Waals surface area contributed by atoms with Crippen LogP contribution in [0.3, 0.4) is 0 Å². The lowest BCUT2D eigenvalue weighted by Gasteiger charge is -2.20. The summed E-state index contributed by atoms with van der Waals surface area (Å²) < 4.78 is 1.07. The van der Waals surface area contributed by atoms with Crippen LogP contribution in [-0.4, -0.2) is 16.7 Å². The molecule has 1 aliphatic rings. The minimum absolute atomic E-state index is 0.0405. The molecule has 0 spiro atoms. The van der Waals surface area contributed by atoms with Crippen molar-refractivity contribution in [3.63, 3.8) is 0 Å². The number of rotatable bonds is 0. The van der Waals surface area contributed by atoms with E-state index in [9.17, 15) is 14.7 Å². The molecule has 2 aromatic carbocycles. The highest BCUT2D eigenvalue weighted by Crippen LogP contribution is 2.40. The van der Waals surface area contributed by atoms with Crippen LogP contribution in [0, 0.1) is 0 Å². The molecule has 0 amide bonds. The summed E-state index contributed by atoms with van der Waals surface area (Å²) in [5, 5.41) is 9.97. The van der Waals surface area contributed by atoms with E-state index in [1.54, 1.807) is 18.2 Å². The Balaban J connectivity index is 2.41. The Morgan fingerprint density at radius 1 is 0.950 bits per heavy atom. The van der Waals surface area contributed by atoms with E-state index >= 15 is 0 Å². The minimum Gasteiger partial charge on any atom is -0.507 e. The van der Waals surface area contributed by atoms with Crippen LogP contribution in [-0.2, 0) is 0 Å². The zero-order valence-electron chi connectivity index (χ0n) is 9.91. The lowest BCUT2D eigenvalue weighted by Crippen LogP contribution is -2.22. The van der Waals surface area contributed by atoms with Crippen molar-refractivity contribution < 1.29 is 14.7 Å². The molecule has 0 saturated carbocycles. The van der Waals surface area contributed by atoms with Crippen molar-refractivity contribution in [1.29, 1.82) is 0 Å². The molecule has 20 heavy (non-hydrogen) atoms. The summed E-state index contributed by atoms with van der Waals surface area (Å²) in [5.74, 6) is -1.03. The van der Waals surface area contributed by atoms with E-state index in [4.69, 9.17) is 5.73 Å². The van der Waals surface area contributed by atoms with Gasteiger partial charge in [-0.05, 0) is 40.2 Å². The molecular formula is C14H7Br2NO3. The van der Waals surface area contributed by atoms with Crippen molar-refractivity contribution in [1.82, 2.24) is 0 Å². The smallest absolute Gasteiger partial charge is 0.198 e. The Hall–Kier alpha value is -1.66. The Bertz CT molecular complexity index is 797. The third-order valence-corrected chi connectivity index (χ3v) is 4.37. The molecule has 0 radical (unpaired) electrons. The van der Waals surface area contributed by atoms with Crippen LogP contribution < -0.4 is 5.73 Å². The van der Waals surface area contributed by atoms with Crippen molar-refractivity contribution in [3.8, 4) is 5.75 Å². The van der Waals surface area contributed by atoms with Gasteiger partial charge >= 0.3 is 0 Å². The SMILES string of the molecule is Nc1c(Br)cc(O)c2c1C(=O)c1ccc(Br)cc1C2=O. The fourth-order valence-electron chi connectivity index (χ4n) is 2.29. The Morgan fingerprint density at radius 3 is 2.30 bits per heavy atom.